The van der Waals surface area contributed by atoms with Crippen molar-refractivity contribution in [3.63, 3.8) is 0 Å². The molecule has 0 unspecified atom stereocenters. The molecule has 2 aromatic rings. The van der Waals surface area contributed by atoms with Crippen LogP contribution >= 0.6 is 0 Å². The number of methoxy groups -OCH3 is 3. The molecule has 7 heteroatoms. The molecule has 156 valence electrons. The van der Waals surface area contributed by atoms with Gasteiger partial charge in [0.1, 0.15) is 5.75 Å². The molecule has 0 aromatic heterocycles. The lowest BCUT2D eigenvalue weighted by Gasteiger charge is -2.38. The summed E-state index contributed by atoms with van der Waals surface area (Å²) in [6.45, 7) is 4.19. The number of nitrogens with zero attached hydrogens (tertiary/aromatic N) is 3. The van der Waals surface area contributed by atoms with Crippen LogP contribution in [0.2, 0.25) is 0 Å². The van der Waals surface area contributed by atoms with E-state index in [0.29, 0.717) is 6.54 Å². The van der Waals surface area contributed by atoms with Crippen LogP contribution in [0.15, 0.2) is 47.5 Å². The van der Waals surface area contributed by atoms with Crippen LogP contribution in [0.5, 0.6) is 17.2 Å². The number of para-hydroxylation sites is 3. The lowest BCUT2D eigenvalue weighted by atomic mass is 10.2. The first kappa shape index (κ1) is 20.6. The number of rotatable bonds is 6. The molecule has 1 saturated heterocycles. The van der Waals surface area contributed by atoms with E-state index in [0.717, 1.165) is 60.6 Å². The standard InChI is InChI=1S/C22H30N4O3/c1-23-22(24-16-17-8-7-11-20(28-3)21(17)29-4)26-14-12-25(13-15-26)18-9-5-6-10-19(18)27-2/h5-11H,12-16H2,1-4H3,(H,23,24). The average Bonchev–Trinajstić information content (AvgIpc) is 2.79. The minimum Gasteiger partial charge on any atom is -0.495 e. The molecule has 0 saturated carbocycles. The van der Waals surface area contributed by atoms with E-state index in [-0.39, 0.29) is 0 Å². The molecular weight excluding hydrogens is 368 g/mol. The first-order valence-electron chi connectivity index (χ1n) is 9.75. The molecule has 29 heavy (non-hydrogen) atoms. The average molecular weight is 399 g/mol. The minimum atomic E-state index is 0.611. The van der Waals surface area contributed by atoms with E-state index in [1.165, 1.54) is 0 Å². The summed E-state index contributed by atoms with van der Waals surface area (Å²) in [6, 6.07) is 14.0. The molecule has 1 fully saturated rings. The van der Waals surface area contributed by atoms with Gasteiger partial charge in [-0.25, -0.2) is 0 Å². The molecule has 0 bridgehead atoms. The van der Waals surface area contributed by atoms with Gasteiger partial charge < -0.3 is 29.3 Å². The maximum atomic E-state index is 5.53. The topological polar surface area (TPSA) is 58.6 Å². The van der Waals surface area contributed by atoms with Gasteiger partial charge in [-0.05, 0) is 18.2 Å². The Morgan fingerprint density at radius 3 is 2.24 bits per heavy atom. The lowest BCUT2D eigenvalue weighted by molar-refractivity contribution is 0.349. The number of hydrogen-bond donors (Lipinski definition) is 1. The summed E-state index contributed by atoms with van der Waals surface area (Å²) in [7, 11) is 6.84. The van der Waals surface area contributed by atoms with E-state index in [1.54, 1.807) is 21.3 Å². The first-order chi connectivity index (χ1) is 14.2. The van der Waals surface area contributed by atoms with Crippen LogP contribution < -0.4 is 24.4 Å². The van der Waals surface area contributed by atoms with Crippen molar-refractivity contribution in [3.05, 3.63) is 48.0 Å². The highest BCUT2D eigenvalue weighted by Crippen LogP contribution is 2.31. The molecule has 0 aliphatic carbocycles. The molecule has 2 aromatic carbocycles. The second-order valence-electron chi connectivity index (χ2n) is 6.70. The third-order valence-electron chi connectivity index (χ3n) is 5.14. The summed E-state index contributed by atoms with van der Waals surface area (Å²) in [5, 5.41) is 3.46. The predicted octanol–water partition coefficient (Wildman–Crippen LogP) is 2.61. The van der Waals surface area contributed by atoms with E-state index >= 15 is 0 Å². The highest BCUT2D eigenvalue weighted by Gasteiger charge is 2.22. The van der Waals surface area contributed by atoms with Crippen molar-refractivity contribution in [1.82, 2.24) is 10.2 Å². The molecule has 0 atom stereocenters. The Labute approximate surface area is 172 Å². The summed E-state index contributed by atoms with van der Waals surface area (Å²) < 4.78 is 16.4. The SMILES string of the molecule is CN=C(NCc1cccc(OC)c1OC)N1CCN(c2ccccc2OC)CC1. The fourth-order valence-corrected chi connectivity index (χ4v) is 3.65. The molecule has 1 aliphatic heterocycles. The number of benzene rings is 2. The highest BCUT2D eigenvalue weighted by molar-refractivity contribution is 5.80. The number of guanidine groups is 1. The van der Waals surface area contributed by atoms with Gasteiger partial charge in [0.25, 0.3) is 0 Å². The largest absolute Gasteiger partial charge is 0.495 e. The molecule has 1 heterocycles. The summed E-state index contributed by atoms with van der Waals surface area (Å²) in [4.78, 5) is 9.10. The fraction of sp³-hybridized carbons (Fsp3) is 0.409. The van der Waals surface area contributed by atoms with Crippen molar-refractivity contribution in [1.29, 1.82) is 0 Å². The van der Waals surface area contributed by atoms with Gasteiger partial charge in [-0.15, -0.1) is 0 Å². The Kier molecular flexibility index (Phi) is 7.05. The van der Waals surface area contributed by atoms with E-state index < -0.39 is 0 Å². The van der Waals surface area contributed by atoms with Crippen molar-refractivity contribution >= 4 is 11.6 Å². The number of nitrogens with one attached hydrogen (secondary N) is 1. The van der Waals surface area contributed by atoms with Gasteiger partial charge in [-0.1, -0.05) is 24.3 Å². The van der Waals surface area contributed by atoms with E-state index in [4.69, 9.17) is 14.2 Å². The minimum absolute atomic E-state index is 0.611. The second-order valence-corrected chi connectivity index (χ2v) is 6.70. The van der Waals surface area contributed by atoms with Crippen LogP contribution in [0, 0.1) is 0 Å². The fourth-order valence-electron chi connectivity index (χ4n) is 3.65. The third-order valence-corrected chi connectivity index (χ3v) is 5.14. The van der Waals surface area contributed by atoms with Crippen molar-refractivity contribution in [3.8, 4) is 17.2 Å². The molecular formula is C22H30N4O3. The predicted molar refractivity (Wildman–Crippen MR) is 117 cm³/mol. The zero-order valence-corrected chi connectivity index (χ0v) is 17.6. The van der Waals surface area contributed by atoms with Crippen LogP contribution in [0.3, 0.4) is 0 Å². The van der Waals surface area contributed by atoms with Gasteiger partial charge in [0.15, 0.2) is 17.5 Å². The van der Waals surface area contributed by atoms with Crippen LogP contribution in [0.25, 0.3) is 0 Å². The molecule has 1 aliphatic rings. The van der Waals surface area contributed by atoms with Crippen LogP contribution in [0.4, 0.5) is 5.69 Å². The number of ether oxygens (including phenoxy) is 3. The Balaban J connectivity index is 1.61. The molecule has 1 N–H and O–H groups in total. The van der Waals surface area contributed by atoms with Crippen molar-refractivity contribution in [2.75, 3.05) is 59.5 Å². The molecule has 0 amide bonds. The normalized spacial score (nSPS) is 14.6. The molecule has 0 spiro atoms. The Bertz CT molecular complexity index is 833. The van der Waals surface area contributed by atoms with E-state index in [2.05, 4.69) is 26.2 Å². The van der Waals surface area contributed by atoms with E-state index in [1.807, 2.05) is 43.4 Å². The Hall–Kier alpha value is -3.09. The van der Waals surface area contributed by atoms with Gasteiger partial charge in [-0.2, -0.15) is 0 Å². The first-order valence-corrected chi connectivity index (χ1v) is 9.75. The third kappa shape index (κ3) is 4.67. The van der Waals surface area contributed by atoms with Crippen molar-refractivity contribution in [2.24, 2.45) is 4.99 Å². The summed E-state index contributed by atoms with van der Waals surface area (Å²) in [5.41, 5.74) is 2.17. The quantitative estimate of drug-likeness (QED) is 0.596. The number of aliphatic imine (C=N–C) groups is 1. The van der Waals surface area contributed by atoms with Crippen LogP contribution in [-0.2, 0) is 6.54 Å². The highest BCUT2D eigenvalue weighted by atomic mass is 16.5. The smallest absolute Gasteiger partial charge is 0.194 e. The number of hydrogen-bond acceptors (Lipinski definition) is 5. The Morgan fingerprint density at radius 2 is 1.59 bits per heavy atom. The van der Waals surface area contributed by atoms with Gasteiger partial charge in [0, 0.05) is 45.3 Å². The molecule has 7 nitrogen and oxygen atoms in total. The maximum Gasteiger partial charge on any atom is 0.194 e. The van der Waals surface area contributed by atoms with Crippen LogP contribution in [0.1, 0.15) is 5.56 Å². The molecule has 0 radical (unpaired) electrons. The monoisotopic (exact) mass is 398 g/mol. The summed E-state index contributed by atoms with van der Waals surface area (Å²) in [5.74, 6) is 3.27. The number of anilines is 1. The van der Waals surface area contributed by atoms with E-state index in [9.17, 15) is 0 Å². The molecule has 3 rings (SSSR count). The summed E-state index contributed by atoms with van der Waals surface area (Å²) in [6.07, 6.45) is 0. The second kappa shape index (κ2) is 9.91. The van der Waals surface area contributed by atoms with Gasteiger partial charge in [-0.3, -0.25) is 4.99 Å². The van der Waals surface area contributed by atoms with Gasteiger partial charge in [0.2, 0.25) is 0 Å². The van der Waals surface area contributed by atoms with Gasteiger partial charge >= 0.3 is 0 Å². The summed E-state index contributed by atoms with van der Waals surface area (Å²) >= 11 is 0. The number of piperazine rings is 1. The van der Waals surface area contributed by atoms with Gasteiger partial charge in [0.05, 0.1) is 27.0 Å². The zero-order chi connectivity index (χ0) is 20.6. The zero-order valence-electron chi connectivity index (χ0n) is 17.6. The van der Waals surface area contributed by atoms with Crippen LogP contribution in [-0.4, -0.2) is 65.4 Å². The Morgan fingerprint density at radius 1 is 0.897 bits per heavy atom. The van der Waals surface area contributed by atoms with Crippen molar-refractivity contribution in [2.45, 2.75) is 6.54 Å². The maximum absolute atomic E-state index is 5.53. The lowest BCUT2D eigenvalue weighted by Crippen LogP contribution is -2.52. The van der Waals surface area contributed by atoms with Crippen molar-refractivity contribution < 1.29 is 14.2 Å².